The summed E-state index contributed by atoms with van der Waals surface area (Å²) in [5.74, 6) is -0.195. The molecule has 0 radical (unpaired) electrons. The average molecular weight is 376 g/mol. The molecule has 7 heteroatoms. The summed E-state index contributed by atoms with van der Waals surface area (Å²) >= 11 is 0. The molecule has 2 aromatic rings. The third-order valence-electron chi connectivity index (χ3n) is 3.90. The molecule has 0 fully saturated rings. The zero-order valence-corrected chi connectivity index (χ0v) is 14.7. The Kier molecular flexibility index (Phi) is 6.83. The molecular weight excluding hydrogens is 357 g/mol. The van der Waals surface area contributed by atoms with Crippen LogP contribution in [0.15, 0.2) is 48.5 Å². The van der Waals surface area contributed by atoms with Crippen LogP contribution in [-0.2, 0) is 11.0 Å². The lowest BCUT2D eigenvalue weighted by Gasteiger charge is -2.20. The summed E-state index contributed by atoms with van der Waals surface area (Å²) in [6, 6.07) is 12.8. The fourth-order valence-electron chi connectivity index (χ4n) is 2.61. The number of hydrogen-bond donors (Lipinski definition) is 1. The highest BCUT2D eigenvalue weighted by Crippen LogP contribution is 2.31. The summed E-state index contributed by atoms with van der Waals surface area (Å²) in [5.41, 5.74) is -0.0692. The monoisotopic (exact) mass is 376 g/mol. The Balaban J connectivity index is 2.07. The second kappa shape index (κ2) is 9.08. The van der Waals surface area contributed by atoms with Gasteiger partial charge in [-0.15, -0.1) is 0 Å². The van der Waals surface area contributed by atoms with Gasteiger partial charge in [-0.1, -0.05) is 37.6 Å². The van der Waals surface area contributed by atoms with Gasteiger partial charge in [-0.25, -0.2) is 0 Å². The van der Waals surface area contributed by atoms with Crippen LogP contribution >= 0.6 is 0 Å². The minimum absolute atomic E-state index is 0.279. The third-order valence-corrected chi connectivity index (χ3v) is 3.90. The van der Waals surface area contributed by atoms with Crippen LogP contribution in [0.1, 0.15) is 42.5 Å². The van der Waals surface area contributed by atoms with Gasteiger partial charge in [0.25, 0.3) is 5.91 Å². The number of halogens is 3. The first kappa shape index (κ1) is 20.3. The van der Waals surface area contributed by atoms with Crippen LogP contribution in [0.4, 0.5) is 13.2 Å². The van der Waals surface area contributed by atoms with E-state index in [0.717, 1.165) is 12.1 Å². The second-order valence-corrected chi connectivity index (χ2v) is 5.93. The maximum absolute atomic E-state index is 12.9. The van der Waals surface area contributed by atoms with E-state index in [9.17, 15) is 18.0 Å². The lowest BCUT2D eigenvalue weighted by Crippen LogP contribution is -2.32. The number of para-hydroxylation sites is 1. The Morgan fingerprint density at radius 1 is 1.22 bits per heavy atom. The summed E-state index contributed by atoms with van der Waals surface area (Å²) in [5, 5.41) is 11.7. The summed E-state index contributed by atoms with van der Waals surface area (Å²) in [6.45, 7) is 1.55. The minimum Gasteiger partial charge on any atom is -0.482 e. The van der Waals surface area contributed by atoms with Crippen molar-refractivity contribution < 1.29 is 22.7 Å². The van der Waals surface area contributed by atoms with Crippen molar-refractivity contribution in [3.63, 3.8) is 0 Å². The zero-order valence-electron chi connectivity index (χ0n) is 14.7. The van der Waals surface area contributed by atoms with E-state index in [1.165, 1.54) is 6.07 Å². The number of rotatable bonds is 7. The number of hydrogen-bond acceptors (Lipinski definition) is 3. The quantitative estimate of drug-likeness (QED) is 0.767. The van der Waals surface area contributed by atoms with Gasteiger partial charge in [0.15, 0.2) is 6.61 Å². The summed E-state index contributed by atoms with van der Waals surface area (Å²) in [4.78, 5) is 12.2. The normalized spacial score (nSPS) is 12.1. The zero-order chi connectivity index (χ0) is 19.9. The van der Waals surface area contributed by atoms with E-state index in [2.05, 4.69) is 5.32 Å². The second-order valence-electron chi connectivity index (χ2n) is 5.93. The van der Waals surface area contributed by atoms with Crippen molar-refractivity contribution in [2.24, 2.45) is 0 Å². The number of nitrogens with zero attached hydrogens (tertiary/aromatic N) is 1. The Hall–Kier alpha value is -3.01. The van der Waals surface area contributed by atoms with Gasteiger partial charge in [-0.2, -0.15) is 18.4 Å². The van der Waals surface area contributed by atoms with Crippen LogP contribution in [0.2, 0.25) is 0 Å². The van der Waals surface area contributed by atoms with Crippen molar-refractivity contribution in [1.82, 2.24) is 5.32 Å². The first-order chi connectivity index (χ1) is 12.8. The summed E-state index contributed by atoms with van der Waals surface area (Å²) < 4.78 is 44.1. The maximum Gasteiger partial charge on any atom is 0.416 e. The molecule has 2 rings (SSSR count). The van der Waals surface area contributed by atoms with E-state index in [4.69, 9.17) is 10.00 Å². The van der Waals surface area contributed by atoms with Crippen molar-refractivity contribution in [2.75, 3.05) is 6.61 Å². The van der Waals surface area contributed by atoms with Gasteiger partial charge in [-0.05, 0) is 36.2 Å². The predicted molar refractivity (Wildman–Crippen MR) is 93.9 cm³/mol. The molecule has 1 N–H and O–H groups in total. The lowest BCUT2D eigenvalue weighted by molar-refractivity contribution is -0.137. The van der Waals surface area contributed by atoms with Gasteiger partial charge >= 0.3 is 6.18 Å². The number of nitriles is 1. The van der Waals surface area contributed by atoms with Gasteiger partial charge in [0.2, 0.25) is 0 Å². The van der Waals surface area contributed by atoms with Crippen LogP contribution < -0.4 is 10.1 Å². The first-order valence-corrected chi connectivity index (χ1v) is 8.43. The van der Waals surface area contributed by atoms with E-state index < -0.39 is 23.7 Å². The third kappa shape index (κ3) is 5.74. The molecule has 142 valence electrons. The summed E-state index contributed by atoms with van der Waals surface area (Å²) in [7, 11) is 0. The molecule has 2 aromatic carbocycles. The van der Waals surface area contributed by atoms with E-state index >= 15 is 0 Å². The molecular formula is C20H19F3N2O2. The van der Waals surface area contributed by atoms with Crippen LogP contribution in [0.25, 0.3) is 0 Å². The number of benzene rings is 2. The number of amides is 1. The van der Waals surface area contributed by atoms with Crippen LogP contribution in [-0.4, -0.2) is 12.5 Å². The highest BCUT2D eigenvalue weighted by Gasteiger charge is 2.31. The number of nitrogens with one attached hydrogen (secondary N) is 1. The molecule has 0 spiro atoms. The van der Waals surface area contributed by atoms with Gasteiger partial charge in [0, 0.05) is 0 Å². The van der Waals surface area contributed by atoms with Gasteiger partial charge < -0.3 is 10.1 Å². The Bertz CT molecular complexity index is 828. The highest BCUT2D eigenvalue weighted by molar-refractivity contribution is 5.78. The highest BCUT2D eigenvalue weighted by atomic mass is 19.4. The molecule has 4 nitrogen and oxygen atoms in total. The van der Waals surface area contributed by atoms with Gasteiger partial charge in [0.05, 0.1) is 17.2 Å². The van der Waals surface area contributed by atoms with Gasteiger partial charge in [-0.3, -0.25) is 4.79 Å². The molecule has 0 heterocycles. The Labute approximate surface area is 155 Å². The SMILES string of the molecule is CCCC(NC(=O)COc1ccccc1C#N)c1cccc(C(F)(F)F)c1. The largest absolute Gasteiger partial charge is 0.482 e. The number of carbonyl (C=O) groups is 1. The first-order valence-electron chi connectivity index (χ1n) is 8.43. The molecule has 0 bridgehead atoms. The molecule has 0 saturated heterocycles. The van der Waals surface area contributed by atoms with E-state index in [1.807, 2.05) is 13.0 Å². The van der Waals surface area contributed by atoms with E-state index in [-0.39, 0.29) is 12.4 Å². The van der Waals surface area contributed by atoms with E-state index in [0.29, 0.717) is 24.0 Å². The topological polar surface area (TPSA) is 62.1 Å². The molecule has 0 aliphatic rings. The fourth-order valence-corrected chi connectivity index (χ4v) is 2.61. The molecule has 0 aliphatic carbocycles. The Morgan fingerprint density at radius 2 is 1.96 bits per heavy atom. The van der Waals surface area contributed by atoms with Crippen molar-refractivity contribution in [1.29, 1.82) is 5.26 Å². The Morgan fingerprint density at radius 3 is 2.63 bits per heavy atom. The number of alkyl halides is 3. The lowest BCUT2D eigenvalue weighted by atomic mass is 10.00. The molecule has 0 aliphatic heterocycles. The number of ether oxygens (including phenoxy) is 1. The standard InChI is InChI=1S/C20H19F3N2O2/c1-2-6-17(14-8-5-9-16(11-14)20(21,22)23)25-19(26)13-27-18-10-4-3-7-15(18)12-24/h3-5,7-11,17H,2,6,13H2,1H3,(H,25,26). The smallest absolute Gasteiger partial charge is 0.416 e. The minimum atomic E-state index is -4.44. The van der Waals surface area contributed by atoms with Crippen LogP contribution in [0.5, 0.6) is 5.75 Å². The van der Waals surface area contributed by atoms with Crippen LogP contribution in [0.3, 0.4) is 0 Å². The van der Waals surface area contributed by atoms with Crippen molar-refractivity contribution in [2.45, 2.75) is 32.0 Å². The number of carbonyl (C=O) groups excluding carboxylic acids is 1. The fraction of sp³-hybridized carbons (Fsp3) is 0.300. The van der Waals surface area contributed by atoms with Crippen LogP contribution in [0, 0.1) is 11.3 Å². The van der Waals surface area contributed by atoms with Crippen molar-refractivity contribution in [3.05, 3.63) is 65.2 Å². The van der Waals surface area contributed by atoms with E-state index in [1.54, 1.807) is 30.3 Å². The molecule has 0 aromatic heterocycles. The molecule has 1 unspecified atom stereocenters. The maximum atomic E-state index is 12.9. The molecule has 1 amide bonds. The predicted octanol–water partition coefficient (Wildman–Crippen LogP) is 4.61. The molecule has 0 saturated carbocycles. The average Bonchev–Trinajstić information content (AvgIpc) is 2.65. The summed E-state index contributed by atoms with van der Waals surface area (Å²) in [6.07, 6.45) is -3.28. The molecule has 27 heavy (non-hydrogen) atoms. The van der Waals surface area contributed by atoms with Crippen molar-refractivity contribution in [3.8, 4) is 11.8 Å². The van der Waals surface area contributed by atoms with Gasteiger partial charge in [0.1, 0.15) is 11.8 Å². The van der Waals surface area contributed by atoms with Crippen molar-refractivity contribution >= 4 is 5.91 Å². The molecule has 1 atom stereocenters.